The van der Waals surface area contributed by atoms with Crippen molar-refractivity contribution in [3.63, 3.8) is 0 Å². The molecule has 0 aromatic rings. The van der Waals surface area contributed by atoms with Gasteiger partial charge in [0.05, 0.1) is 13.4 Å². The van der Waals surface area contributed by atoms with Crippen molar-refractivity contribution in [1.82, 2.24) is 0 Å². The third-order valence-electron chi connectivity index (χ3n) is 2.97. The van der Waals surface area contributed by atoms with Crippen LogP contribution < -0.4 is 0 Å². The number of allylic oxidation sites excluding steroid dienone is 1. The van der Waals surface area contributed by atoms with Gasteiger partial charge in [0, 0.05) is 0 Å². The second-order valence-electron chi connectivity index (χ2n) is 4.28. The summed E-state index contributed by atoms with van der Waals surface area (Å²) in [7, 11) is 1.71. The summed E-state index contributed by atoms with van der Waals surface area (Å²) in [6, 6.07) is 0. The molecule has 1 aliphatic rings. The Morgan fingerprint density at radius 3 is 2.62 bits per heavy atom. The molecular formula is C12H22O. The Morgan fingerprint density at radius 1 is 1.31 bits per heavy atom. The van der Waals surface area contributed by atoms with Crippen molar-refractivity contribution < 1.29 is 4.74 Å². The largest absolute Gasteiger partial charge is 0.505 e. The van der Waals surface area contributed by atoms with E-state index in [1.165, 1.54) is 38.5 Å². The van der Waals surface area contributed by atoms with Gasteiger partial charge in [-0.15, -0.1) is 0 Å². The molecule has 0 heterocycles. The van der Waals surface area contributed by atoms with Gasteiger partial charge in [-0.1, -0.05) is 39.0 Å². The molecule has 0 aliphatic heterocycles. The zero-order chi connectivity index (χ0) is 9.52. The predicted molar refractivity (Wildman–Crippen MR) is 56.5 cm³/mol. The average molecular weight is 182 g/mol. The highest BCUT2D eigenvalue weighted by molar-refractivity contribution is 4.82. The monoisotopic (exact) mass is 182 g/mol. The van der Waals surface area contributed by atoms with Crippen LogP contribution in [-0.2, 0) is 4.74 Å². The Morgan fingerprint density at radius 2 is 2.00 bits per heavy atom. The smallest absolute Gasteiger partial charge is 0.0787 e. The van der Waals surface area contributed by atoms with Gasteiger partial charge in [-0.05, 0) is 24.3 Å². The minimum Gasteiger partial charge on any atom is -0.505 e. The number of hydrogen-bond acceptors (Lipinski definition) is 1. The maximum Gasteiger partial charge on any atom is 0.0787 e. The first kappa shape index (κ1) is 10.6. The molecule has 0 saturated heterocycles. The van der Waals surface area contributed by atoms with Gasteiger partial charge in [0.1, 0.15) is 0 Å². The van der Waals surface area contributed by atoms with Crippen LogP contribution in [-0.4, -0.2) is 7.11 Å². The van der Waals surface area contributed by atoms with E-state index in [2.05, 4.69) is 13.0 Å². The van der Waals surface area contributed by atoms with E-state index in [4.69, 9.17) is 4.74 Å². The third-order valence-corrected chi connectivity index (χ3v) is 2.97. The third kappa shape index (κ3) is 4.35. The van der Waals surface area contributed by atoms with Crippen LogP contribution in [0.3, 0.4) is 0 Å². The normalized spacial score (nSPS) is 22.0. The molecule has 0 spiro atoms. The minimum atomic E-state index is 0.683. The molecule has 0 aromatic heterocycles. The van der Waals surface area contributed by atoms with Gasteiger partial charge in [0.25, 0.3) is 0 Å². The molecule has 1 rings (SSSR count). The van der Waals surface area contributed by atoms with Gasteiger partial charge in [0.15, 0.2) is 0 Å². The summed E-state index contributed by atoms with van der Waals surface area (Å²) in [4.78, 5) is 0. The molecule has 0 radical (unpaired) electrons. The summed E-state index contributed by atoms with van der Waals surface area (Å²) in [5.41, 5.74) is 0. The summed E-state index contributed by atoms with van der Waals surface area (Å²) in [5, 5.41) is 0. The lowest BCUT2D eigenvalue weighted by Gasteiger charge is -2.23. The zero-order valence-electron chi connectivity index (χ0n) is 8.96. The zero-order valence-corrected chi connectivity index (χ0v) is 8.96. The van der Waals surface area contributed by atoms with Crippen molar-refractivity contribution in [1.29, 1.82) is 0 Å². The summed E-state index contributed by atoms with van der Waals surface area (Å²) < 4.78 is 4.92. The maximum atomic E-state index is 4.92. The molecule has 1 atom stereocenters. The molecule has 1 unspecified atom stereocenters. The van der Waals surface area contributed by atoms with Crippen LogP contribution in [0, 0.1) is 11.8 Å². The van der Waals surface area contributed by atoms with Gasteiger partial charge < -0.3 is 4.74 Å². The Hall–Kier alpha value is -0.460. The Kier molecular flexibility index (Phi) is 4.95. The van der Waals surface area contributed by atoms with Crippen molar-refractivity contribution in [2.24, 2.45) is 11.8 Å². The fourth-order valence-corrected chi connectivity index (χ4v) is 2.24. The van der Waals surface area contributed by atoms with E-state index in [0.717, 1.165) is 5.92 Å². The fourth-order valence-electron chi connectivity index (χ4n) is 2.24. The minimum absolute atomic E-state index is 0.683. The highest BCUT2D eigenvalue weighted by Gasteiger charge is 2.14. The first-order valence-corrected chi connectivity index (χ1v) is 5.52. The van der Waals surface area contributed by atoms with E-state index < -0.39 is 0 Å². The van der Waals surface area contributed by atoms with Gasteiger partial charge >= 0.3 is 0 Å². The van der Waals surface area contributed by atoms with E-state index in [-0.39, 0.29) is 0 Å². The van der Waals surface area contributed by atoms with Crippen LogP contribution in [0.25, 0.3) is 0 Å². The molecule has 1 nitrogen and oxygen atoms in total. The SMILES string of the molecule is CO/C=C/C(C)CC1CCCCC1. The standard InChI is InChI=1S/C12H22O/c1-11(8-9-13-2)10-12-6-4-3-5-7-12/h8-9,11-12H,3-7,10H2,1-2H3/b9-8+. The Balaban J connectivity index is 2.18. The Bertz CT molecular complexity index is 145. The average Bonchev–Trinajstić information content (AvgIpc) is 2.16. The molecule has 0 N–H and O–H groups in total. The van der Waals surface area contributed by atoms with Crippen LogP contribution in [0.2, 0.25) is 0 Å². The highest BCUT2D eigenvalue weighted by atomic mass is 16.5. The number of rotatable bonds is 4. The van der Waals surface area contributed by atoms with Gasteiger partial charge in [0.2, 0.25) is 0 Å². The van der Waals surface area contributed by atoms with Crippen LogP contribution in [0.4, 0.5) is 0 Å². The van der Waals surface area contributed by atoms with Crippen molar-refractivity contribution in [3.05, 3.63) is 12.3 Å². The van der Waals surface area contributed by atoms with E-state index in [1.54, 1.807) is 7.11 Å². The summed E-state index contributed by atoms with van der Waals surface area (Å²) in [5.74, 6) is 1.66. The van der Waals surface area contributed by atoms with E-state index in [1.807, 2.05) is 6.26 Å². The molecule has 0 aromatic carbocycles. The van der Waals surface area contributed by atoms with Crippen LogP contribution in [0.15, 0.2) is 12.3 Å². The molecule has 76 valence electrons. The lowest BCUT2D eigenvalue weighted by molar-refractivity contribution is 0.306. The van der Waals surface area contributed by atoms with Gasteiger partial charge in [-0.3, -0.25) is 0 Å². The molecule has 1 heteroatoms. The molecule has 1 saturated carbocycles. The second kappa shape index (κ2) is 6.06. The van der Waals surface area contributed by atoms with Crippen LogP contribution in [0.1, 0.15) is 45.4 Å². The maximum absolute atomic E-state index is 4.92. The number of hydrogen-bond donors (Lipinski definition) is 0. The summed E-state index contributed by atoms with van der Waals surface area (Å²) in [6.45, 7) is 2.28. The molecule has 13 heavy (non-hydrogen) atoms. The number of methoxy groups -OCH3 is 1. The van der Waals surface area contributed by atoms with Crippen LogP contribution in [0.5, 0.6) is 0 Å². The molecule has 1 aliphatic carbocycles. The van der Waals surface area contributed by atoms with E-state index in [9.17, 15) is 0 Å². The lowest BCUT2D eigenvalue weighted by Crippen LogP contribution is -2.09. The molecule has 0 bridgehead atoms. The van der Waals surface area contributed by atoms with Gasteiger partial charge in [-0.2, -0.15) is 0 Å². The quantitative estimate of drug-likeness (QED) is 0.602. The van der Waals surface area contributed by atoms with E-state index in [0.29, 0.717) is 5.92 Å². The van der Waals surface area contributed by atoms with Gasteiger partial charge in [-0.25, -0.2) is 0 Å². The molecule has 0 amide bonds. The van der Waals surface area contributed by atoms with Crippen molar-refractivity contribution >= 4 is 0 Å². The van der Waals surface area contributed by atoms with Crippen molar-refractivity contribution in [2.75, 3.05) is 7.11 Å². The summed E-state index contributed by atoms with van der Waals surface area (Å²) >= 11 is 0. The van der Waals surface area contributed by atoms with Crippen molar-refractivity contribution in [2.45, 2.75) is 45.4 Å². The fraction of sp³-hybridized carbons (Fsp3) is 0.833. The predicted octanol–water partition coefficient (Wildman–Crippen LogP) is 3.75. The van der Waals surface area contributed by atoms with Crippen LogP contribution >= 0.6 is 0 Å². The second-order valence-corrected chi connectivity index (χ2v) is 4.28. The molecule has 1 fully saturated rings. The topological polar surface area (TPSA) is 9.23 Å². The summed E-state index contributed by atoms with van der Waals surface area (Å²) in [6.07, 6.45) is 12.6. The Labute approximate surface area is 82.2 Å². The first-order chi connectivity index (χ1) is 6.33. The highest BCUT2D eigenvalue weighted by Crippen LogP contribution is 2.29. The first-order valence-electron chi connectivity index (χ1n) is 5.52. The van der Waals surface area contributed by atoms with E-state index >= 15 is 0 Å². The lowest BCUT2D eigenvalue weighted by atomic mass is 9.83. The number of ether oxygens (including phenoxy) is 1. The van der Waals surface area contributed by atoms with Crippen molar-refractivity contribution in [3.8, 4) is 0 Å². The molecular weight excluding hydrogens is 160 g/mol.